The number of nitrogens with one attached hydrogen (secondary N) is 1. The summed E-state index contributed by atoms with van der Waals surface area (Å²) in [5, 5.41) is 0. The third-order valence-electron chi connectivity index (χ3n) is 8.59. The van der Waals surface area contributed by atoms with E-state index in [1.165, 1.54) is 38.1 Å². The van der Waals surface area contributed by atoms with E-state index in [9.17, 15) is 14.0 Å². The van der Waals surface area contributed by atoms with Crippen molar-refractivity contribution in [3.8, 4) is 11.1 Å². The van der Waals surface area contributed by atoms with Crippen LogP contribution < -0.4 is 0 Å². The van der Waals surface area contributed by atoms with E-state index in [1.807, 2.05) is 49.1 Å². The number of aromatic nitrogens is 1. The number of aryl methyl sites for hydroxylation is 1. The predicted octanol–water partition coefficient (Wildman–Crippen LogP) is 5.80. The normalized spacial score (nSPS) is 19.5. The van der Waals surface area contributed by atoms with Gasteiger partial charge < -0.3 is 14.8 Å². The molecule has 3 heterocycles. The number of halogens is 1. The quantitative estimate of drug-likeness (QED) is 0.450. The number of carbonyl (C=O) groups excluding carboxylic acids is 2. The van der Waals surface area contributed by atoms with Crippen LogP contribution in [-0.4, -0.2) is 58.7 Å². The van der Waals surface area contributed by atoms with E-state index in [4.69, 9.17) is 0 Å². The summed E-state index contributed by atoms with van der Waals surface area (Å²) in [5.41, 5.74) is 7.18. The van der Waals surface area contributed by atoms with Crippen LogP contribution >= 0.6 is 0 Å². The number of Topliss-reactive ketones (excluding diaryl/α,β-unsaturated/α-hetero) is 1. The first-order valence-corrected chi connectivity index (χ1v) is 13.8. The molecule has 1 aliphatic carbocycles. The maximum absolute atomic E-state index is 14.0. The highest BCUT2D eigenvalue weighted by molar-refractivity contribution is 6.31. The van der Waals surface area contributed by atoms with Gasteiger partial charge >= 0.3 is 0 Å². The summed E-state index contributed by atoms with van der Waals surface area (Å²) in [6.45, 7) is 7.83. The summed E-state index contributed by atoms with van der Waals surface area (Å²) in [6, 6.07) is 12.9. The van der Waals surface area contributed by atoms with Crippen LogP contribution in [-0.2, 0) is 11.2 Å². The van der Waals surface area contributed by atoms with E-state index in [-0.39, 0.29) is 17.5 Å². The Kier molecular flexibility index (Phi) is 6.52. The molecule has 196 valence electrons. The smallest absolute Gasteiger partial charge is 0.255 e. The number of hydrogen-bond acceptors (Lipinski definition) is 3. The number of ketones is 1. The van der Waals surface area contributed by atoms with Crippen LogP contribution in [0, 0.1) is 19.7 Å². The molecule has 0 unspecified atom stereocenters. The van der Waals surface area contributed by atoms with Crippen molar-refractivity contribution in [3.63, 3.8) is 0 Å². The molecular formula is C32H34FN3O2. The highest BCUT2D eigenvalue weighted by Gasteiger charge is 2.32. The standard InChI is InChI=1S/C32H34FN3O2/c1-20-28(34-21(2)30(20)32(38)36-15-11-25(12-16-36)35-13-3-4-14-35)19-27-29(37)18-23-8-6-10-26(31(23)27)22-7-5-9-24(33)17-22/h5-10,17,19,25,34H,3-4,11-16,18H2,1-2H3/b27-19+. The maximum atomic E-state index is 14.0. The molecular weight excluding hydrogens is 477 g/mol. The Hall–Kier alpha value is -3.51. The van der Waals surface area contributed by atoms with Gasteiger partial charge in [-0.25, -0.2) is 4.39 Å². The molecule has 0 bridgehead atoms. The van der Waals surface area contributed by atoms with Crippen LogP contribution in [0.4, 0.5) is 4.39 Å². The number of fused-ring (bicyclic) bond motifs is 1. The Morgan fingerprint density at radius 3 is 2.50 bits per heavy atom. The zero-order valence-electron chi connectivity index (χ0n) is 22.1. The number of hydrogen-bond donors (Lipinski definition) is 1. The SMILES string of the molecule is Cc1[nH]c(/C=C2\C(=O)Cc3cccc(-c4cccc(F)c4)c32)c(C)c1C(=O)N1CCC(N2CCCC2)CC1. The van der Waals surface area contributed by atoms with Crippen molar-refractivity contribution < 1.29 is 14.0 Å². The van der Waals surface area contributed by atoms with E-state index >= 15 is 0 Å². The van der Waals surface area contributed by atoms with Gasteiger partial charge in [0, 0.05) is 42.5 Å². The molecule has 2 aromatic carbocycles. The lowest BCUT2D eigenvalue weighted by atomic mass is 9.93. The first kappa shape index (κ1) is 24.8. The average Bonchev–Trinajstić information content (AvgIpc) is 3.63. The van der Waals surface area contributed by atoms with Gasteiger partial charge in [0.15, 0.2) is 5.78 Å². The Morgan fingerprint density at radius 2 is 1.76 bits per heavy atom. The van der Waals surface area contributed by atoms with Crippen molar-refractivity contribution >= 4 is 23.3 Å². The van der Waals surface area contributed by atoms with Crippen molar-refractivity contribution in [1.82, 2.24) is 14.8 Å². The minimum Gasteiger partial charge on any atom is -0.358 e. The lowest BCUT2D eigenvalue weighted by Gasteiger charge is -2.36. The zero-order valence-corrected chi connectivity index (χ0v) is 22.1. The highest BCUT2D eigenvalue weighted by Crippen LogP contribution is 2.39. The largest absolute Gasteiger partial charge is 0.358 e. The van der Waals surface area contributed by atoms with Crippen LogP contribution in [0.3, 0.4) is 0 Å². The Bertz CT molecular complexity index is 1440. The first-order valence-electron chi connectivity index (χ1n) is 13.8. The minimum atomic E-state index is -0.307. The van der Waals surface area contributed by atoms with Gasteiger partial charge in [0.2, 0.25) is 0 Å². The number of aromatic amines is 1. The highest BCUT2D eigenvalue weighted by atomic mass is 19.1. The van der Waals surface area contributed by atoms with Crippen LogP contribution in [0.1, 0.15) is 64.1 Å². The van der Waals surface area contributed by atoms with Crippen molar-refractivity contribution in [2.75, 3.05) is 26.2 Å². The van der Waals surface area contributed by atoms with E-state index in [0.717, 1.165) is 65.1 Å². The van der Waals surface area contributed by atoms with Gasteiger partial charge in [0.1, 0.15) is 5.82 Å². The number of amides is 1. The number of rotatable bonds is 4. The lowest BCUT2D eigenvalue weighted by molar-refractivity contribution is -0.112. The number of benzene rings is 2. The lowest BCUT2D eigenvalue weighted by Crippen LogP contribution is -2.46. The molecule has 6 rings (SSSR count). The molecule has 1 amide bonds. The molecule has 5 nitrogen and oxygen atoms in total. The molecule has 0 spiro atoms. The number of carbonyl (C=O) groups is 2. The minimum absolute atomic E-state index is 0.0346. The summed E-state index contributed by atoms with van der Waals surface area (Å²) < 4.78 is 14.0. The molecule has 0 atom stereocenters. The predicted molar refractivity (Wildman–Crippen MR) is 148 cm³/mol. The molecule has 1 aromatic heterocycles. The molecule has 6 heteroatoms. The van der Waals surface area contributed by atoms with E-state index < -0.39 is 0 Å². The molecule has 1 N–H and O–H groups in total. The van der Waals surface area contributed by atoms with Gasteiger partial charge in [-0.15, -0.1) is 0 Å². The molecule has 3 aromatic rings. The van der Waals surface area contributed by atoms with Crippen LogP contribution in [0.5, 0.6) is 0 Å². The first-order chi connectivity index (χ1) is 18.4. The van der Waals surface area contributed by atoms with Crippen molar-refractivity contribution in [2.24, 2.45) is 0 Å². The van der Waals surface area contributed by atoms with E-state index in [0.29, 0.717) is 23.6 Å². The molecule has 2 aliphatic heterocycles. The summed E-state index contributed by atoms with van der Waals surface area (Å²) in [6.07, 6.45) is 6.83. The average molecular weight is 512 g/mol. The number of H-pyrrole nitrogens is 1. The van der Waals surface area contributed by atoms with Gasteiger partial charge in [0.25, 0.3) is 5.91 Å². The molecule has 2 fully saturated rings. The topological polar surface area (TPSA) is 56.4 Å². The third kappa shape index (κ3) is 4.41. The van der Waals surface area contributed by atoms with Gasteiger partial charge in [0.05, 0.1) is 5.56 Å². The van der Waals surface area contributed by atoms with Crippen molar-refractivity contribution in [2.45, 2.75) is 52.0 Å². The van der Waals surface area contributed by atoms with Crippen molar-refractivity contribution in [1.29, 1.82) is 0 Å². The molecule has 2 saturated heterocycles. The zero-order chi connectivity index (χ0) is 26.4. The molecule has 38 heavy (non-hydrogen) atoms. The number of allylic oxidation sites excluding steroid dienone is 1. The van der Waals surface area contributed by atoms with E-state index in [1.54, 1.807) is 6.07 Å². The van der Waals surface area contributed by atoms with E-state index in [2.05, 4.69) is 9.88 Å². The second-order valence-electron chi connectivity index (χ2n) is 10.9. The van der Waals surface area contributed by atoms with Crippen LogP contribution in [0.25, 0.3) is 22.8 Å². The van der Waals surface area contributed by atoms with Crippen molar-refractivity contribution in [3.05, 3.63) is 81.9 Å². The van der Waals surface area contributed by atoms with Crippen LogP contribution in [0.2, 0.25) is 0 Å². The van der Waals surface area contributed by atoms with Gasteiger partial charge in [-0.2, -0.15) is 0 Å². The number of likely N-dealkylation sites (tertiary alicyclic amines) is 2. The second kappa shape index (κ2) is 9.99. The Balaban J connectivity index is 1.30. The second-order valence-corrected chi connectivity index (χ2v) is 10.9. The Labute approximate surface area is 223 Å². The molecule has 3 aliphatic rings. The summed E-state index contributed by atoms with van der Waals surface area (Å²) in [5.74, 6) is -0.204. The fraction of sp³-hybridized carbons (Fsp3) is 0.375. The summed E-state index contributed by atoms with van der Waals surface area (Å²) in [4.78, 5) is 34.8. The fourth-order valence-corrected chi connectivity index (χ4v) is 6.60. The van der Waals surface area contributed by atoms with Gasteiger partial charge in [-0.05, 0) is 98.6 Å². The number of piperidine rings is 1. The van der Waals surface area contributed by atoms with Crippen LogP contribution in [0.15, 0.2) is 42.5 Å². The summed E-state index contributed by atoms with van der Waals surface area (Å²) >= 11 is 0. The third-order valence-corrected chi connectivity index (χ3v) is 8.59. The monoisotopic (exact) mass is 511 g/mol. The molecule has 0 saturated carbocycles. The maximum Gasteiger partial charge on any atom is 0.255 e. The Morgan fingerprint density at radius 1 is 1.03 bits per heavy atom. The summed E-state index contributed by atoms with van der Waals surface area (Å²) in [7, 11) is 0. The van der Waals surface area contributed by atoms with Gasteiger partial charge in [-0.3, -0.25) is 9.59 Å². The molecule has 0 radical (unpaired) electrons. The van der Waals surface area contributed by atoms with Gasteiger partial charge in [-0.1, -0.05) is 30.3 Å². The fourth-order valence-electron chi connectivity index (χ4n) is 6.60. The number of nitrogens with zero attached hydrogens (tertiary/aromatic N) is 2.